The first-order chi connectivity index (χ1) is 16.2. The SMILES string of the molecule is CNS(=O)(=O)c1ccc(-c2cc3cnc(NCCC4CCN(C)CC4)nc3n(C)c2=O)c(Cl)c1. The molecule has 11 heteroatoms. The lowest BCUT2D eigenvalue weighted by Crippen LogP contribution is -2.31. The molecule has 1 aliphatic heterocycles. The highest BCUT2D eigenvalue weighted by atomic mass is 35.5. The standard InChI is InChI=1S/C23H29ClN6O3S/c1-25-34(32,33)17-4-5-18(20(24)13-17)19-12-16-14-27-23(28-21(16)30(3)22(19)31)26-9-6-15-7-10-29(2)11-8-15/h4-5,12-15,25H,6-11H2,1-3H3,(H,26,27,28). The highest BCUT2D eigenvalue weighted by molar-refractivity contribution is 7.89. The van der Waals surface area contributed by atoms with Gasteiger partial charge in [-0.3, -0.25) is 9.36 Å². The maximum Gasteiger partial charge on any atom is 0.259 e. The summed E-state index contributed by atoms with van der Waals surface area (Å²) >= 11 is 6.37. The summed E-state index contributed by atoms with van der Waals surface area (Å²) in [5.41, 5.74) is 1.02. The molecule has 1 fully saturated rings. The molecule has 0 aliphatic carbocycles. The second-order valence-corrected chi connectivity index (χ2v) is 11.0. The van der Waals surface area contributed by atoms with Gasteiger partial charge < -0.3 is 10.2 Å². The van der Waals surface area contributed by atoms with E-state index in [-0.39, 0.29) is 15.5 Å². The maximum absolute atomic E-state index is 13.1. The summed E-state index contributed by atoms with van der Waals surface area (Å²) in [6.07, 6.45) is 5.15. The molecule has 0 saturated carbocycles. The Balaban J connectivity index is 1.57. The fourth-order valence-corrected chi connectivity index (χ4v) is 5.37. The number of nitrogens with one attached hydrogen (secondary N) is 2. The lowest BCUT2D eigenvalue weighted by molar-refractivity contribution is 0.215. The molecule has 1 saturated heterocycles. The summed E-state index contributed by atoms with van der Waals surface area (Å²) in [7, 11) is 1.49. The Bertz CT molecular complexity index is 1370. The van der Waals surface area contributed by atoms with Crippen LogP contribution in [-0.4, -0.2) is 61.6 Å². The monoisotopic (exact) mass is 504 g/mol. The highest BCUT2D eigenvalue weighted by Gasteiger charge is 2.18. The third-order valence-corrected chi connectivity index (χ3v) is 8.16. The number of aryl methyl sites for hydroxylation is 1. The van der Waals surface area contributed by atoms with Crippen LogP contribution in [0.2, 0.25) is 5.02 Å². The van der Waals surface area contributed by atoms with Crippen molar-refractivity contribution in [3.8, 4) is 11.1 Å². The summed E-state index contributed by atoms with van der Waals surface area (Å²) in [5, 5.41) is 4.14. The number of sulfonamides is 1. The number of nitrogens with zero attached hydrogens (tertiary/aromatic N) is 4. The Morgan fingerprint density at radius 3 is 2.56 bits per heavy atom. The van der Waals surface area contributed by atoms with Gasteiger partial charge in [0.15, 0.2) is 0 Å². The Morgan fingerprint density at radius 2 is 1.88 bits per heavy atom. The second-order valence-electron chi connectivity index (χ2n) is 8.71. The van der Waals surface area contributed by atoms with E-state index in [1.807, 2.05) is 0 Å². The van der Waals surface area contributed by atoms with Gasteiger partial charge in [0.1, 0.15) is 5.65 Å². The van der Waals surface area contributed by atoms with Crippen LogP contribution in [0.4, 0.5) is 5.95 Å². The molecule has 0 spiro atoms. The van der Waals surface area contributed by atoms with E-state index in [4.69, 9.17) is 11.6 Å². The maximum atomic E-state index is 13.1. The number of rotatable bonds is 7. The lowest BCUT2D eigenvalue weighted by atomic mass is 9.94. The minimum atomic E-state index is -3.64. The van der Waals surface area contributed by atoms with E-state index in [9.17, 15) is 13.2 Å². The van der Waals surface area contributed by atoms with E-state index in [2.05, 4.69) is 32.0 Å². The van der Waals surface area contributed by atoms with Crippen molar-refractivity contribution in [1.29, 1.82) is 0 Å². The molecule has 2 aromatic heterocycles. The van der Waals surface area contributed by atoms with Crippen molar-refractivity contribution in [2.45, 2.75) is 24.2 Å². The van der Waals surface area contributed by atoms with Crippen molar-refractivity contribution in [2.24, 2.45) is 13.0 Å². The number of aromatic nitrogens is 3. The molecular formula is C23H29ClN6O3S. The van der Waals surface area contributed by atoms with Gasteiger partial charge in [0.05, 0.1) is 4.90 Å². The summed E-state index contributed by atoms with van der Waals surface area (Å²) in [5.74, 6) is 1.19. The molecule has 3 heterocycles. The molecule has 0 amide bonds. The molecule has 1 aromatic carbocycles. The Labute approximate surface area is 204 Å². The molecule has 4 rings (SSSR count). The largest absolute Gasteiger partial charge is 0.354 e. The predicted octanol–water partition coefficient (Wildman–Crippen LogP) is 2.70. The Hall–Kier alpha value is -2.53. The van der Waals surface area contributed by atoms with Crippen molar-refractivity contribution in [1.82, 2.24) is 24.2 Å². The van der Waals surface area contributed by atoms with Crippen molar-refractivity contribution >= 4 is 38.6 Å². The van der Waals surface area contributed by atoms with Gasteiger partial charge in [-0.25, -0.2) is 18.1 Å². The molecule has 1 aliphatic rings. The molecule has 182 valence electrons. The Morgan fingerprint density at radius 1 is 1.15 bits per heavy atom. The lowest BCUT2D eigenvalue weighted by Gasteiger charge is -2.28. The van der Waals surface area contributed by atoms with Crippen molar-refractivity contribution in [3.05, 3.63) is 45.8 Å². The van der Waals surface area contributed by atoms with Gasteiger partial charge >= 0.3 is 0 Å². The molecule has 3 aromatic rings. The predicted molar refractivity (Wildman–Crippen MR) is 135 cm³/mol. The zero-order chi connectivity index (χ0) is 24.5. The summed E-state index contributed by atoms with van der Waals surface area (Å²) < 4.78 is 27.8. The molecular weight excluding hydrogens is 476 g/mol. The molecule has 34 heavy (non-hydrogen) atoms. The molecule has 2 N–H and O–H groups in total. The average Bonchev–Trinajstić information content (AvgIpc) is 2.83. The third kappa shape index (κ3) is 5.10. The number of likely N-dealkylation sites (tertiary alicyclic amines) is 1. The summed E-state index contributed by atoms with van der Waals surface area (Å²) in [6.45, 7) is 3.06. The molecule has 0 unspecified atom stereocenters. The van der Waals surface area contributed by atoms with Gasteiger partial charge in [-0.05, 0) is 70.6 Å². The summed E-state index contributed by atoms with van der Waals surface area (Å²) in [4.78, 5) is 24.5. The first kappa shape index (κ1) is 24.6. The first-order valence-corrected chi connectivity index (χ1v) is 13.1. The van der Waals surface area contributed by atoms with Crippen LogP contribution in [0.5, 0.6) is 0 Å². The minimum absolute atomic E-state index is 0.0284. The van der Waals surface area contributed by atoms with Gasteiger partial charge in [-0.1, -0.05) is 17.7 Å². The number of pyridine rings is 1. The quantitative estimate of drug-likeness (QED) is 0.509. The molecule has 0 radical (unpaired) electrons. The van der Waals surface area contributed by atoms with E-state index in [1.165, 1.54) is 42.7 Å². The third-order valence-electron chi connectivity index (χ3n) is 6.43. The van der Waals surface area contributed by atoms with E-state index in [1.54, 1.807) is 19.3 Å². The van der Waals surface area contributed by atoms with Gasteiger partial charge in [0.2, 0.25) is 16.0 Å². The van der Waals surface area contributed by atoms with Crippen LogP contribution in [0.15, 0.2) is 40.2 Å². The number of anilines is 1. The van der Waals surface area contributed by atoms with Crippen LogP contribution in [0, 0.1) is 5.92 Å². The number of fused-ring (bicyclic) bond motifs is 1. The number of hydrogen-bond acceptors (Lipinski definition) is 7. The van der Waals surface area contributed by atoms with E-state index < -0.39 is 10.0 Å². The molecule has 0 bridgehead atoms. The number of piperidine rings is 1. The molecule has 0 atom stereocenters. The van der Waals surface area contributed by atoms with Crippen molar-refractivity contribution < 1.29 is 8.42 Å². The normalized spacial score (nSPS) is 15.6. The van der Waals surface area contributed by atoms with Gasteiger partial charge in [0.25, 0.3) is 5.56 Å². The Kier molecular flexibility index (Phi) is 7.22. The van der Waals surface area contributed by atoms with Gasteiger partial charge in [-0.15, -0.1) is 0 Å². The van der Waals surface area contributed by atoms with Crippen LogP contribution in [0.25, 0.3) is 22.2 Å². The number of benzene rings is 1. The fourth-order valence-electron chi connectivity index (χ4n) is 4.26. The number of hydrogen-bond donors (Lipinski definition) is 2. The first-order valence-electron chi connectivity index (χ1n) is 11.2. The van der Waals surface area contributed by atoms with Crippen LogP contribution < -0.4 is 15.6 Å². The van der Waals surface area contributed by atoms with Crippen molar-refractivity contribution in [3.63, 3.8) is 0 Å². The second kappa shape index (κ2) is 9.99. The molecule has 9 nitrogen and oxygen atoms in total. The average molecular weight is 505 g/mol. The van der Waals surface area contributed by atoms with Gasteiger partial charge in [0, 0.05) is 41.3 Å². The van der Waals surface area contributed by atoms with Crippen LogP contribution in [0.3, 0.4) is 0 Å². The van der Waals surface area contributed by atoms with E-state index >= 15 is 0 Å². The zero-order valence-corrected chi connectivity index (χ0v) is 21.1. The van der Waals surface area contributed by atoms with Crippen LogP contribution >= 0.6 is 11.6 Å². The van der Waals surface area contributed by atoms with Crippen LogP contribution in [-0.2, 0) is 17.1 Å². The highest BCUT2D eigenvalue weighted by Crippen LogP contribution is 2.29. The van der Waals surface area contributed by atoms with E-state index in [0.717, 1.165) is 26.1 Å². The minimum Gasteiger partial charge on any atom is -0.354 e. The van der Waals surface area contributed by atoms with E-state index in [0.29, 0.717) is 34.0 Å². The number of halogens is 1. The topological polar surface area (TPSA) is 109 Å². The fraction of sp³-hybridized carbons (Fsp3) is 0.435. The summed E-state index contributed by atoms with van der Waals surface area (Å²) in [6, 6.07) is 5.98. The smallest absolute Gasteiger partial charge is 0.259 e. The van der Waals surface area contributed by atoms with Crippen molar-refractivity contribution in [2.75, 3.05) is 39.0 Å². The van der Waals surface area contributed by atoms with Crippen LogP contribution in [0.1, 0.15) is 19.3 Å². The zero-order valence-electron chi connectivity index (χ0n) is 19.5. The van der Waals surface area contributed by atoms with Gasteiger partial charge in [-0.2, -0.15) is 4.98 Å².